The van der Waals surface area contributed by atoms with Crippen molar-refractivity contribution in [3.63, 3.8) is 0 Å². The number of rotatable bonds is 4. The van der Waals surface area contributed by atoms with E-state index in [1.165, 1.54) is 16.7 Å². The van der Waals surface area contributed by atoms with E-state index in [0.29, 0.717) is 0 Å². The van der Waals surface area contributed by atoms with Crippen molar-refractivity contribution in [3.05, 3.63) is 53.2 Å². The Hall–Kier alpha value is -2.07. The number of nitrogens with zero attached hydrogens (tertiary/aromatic N) is 1. The van der Waals surface area contributed by atoms with Gasteiger partial charge in [0, 0.05) is 25.8 Å². The van der Waals surface area contributed by atoms with Crippen LogP contribution in [0.3, 0.4) is 0 Å². The summed E-state index contributed by atoms with van der Waals surface area (Å²) in [6.07, 6.45) is 1.76. The topological polar surface area (TPSA) is 46.2 Å². The first kappa shape index (κ1) is 12.0. The van der Waals surface area contributed by atoms with Gasteiger partial charge in [-0.1, -0.05) is 18.2 Å². The molecule has 4 heteroatoms. The van der Waals surface area contributed by atoms with Gasteiger partial charge < -0.3 is 15.4 Å². The van der Waals surface area contributed by atoms with Crippen LogP contribution in [0.15, 0.2) is 36.5 Å². The third-order valence-electron chi connectivity index (χ3n) is 3.35. The van der Waals surface area contributed by atoms with E-state index >= 15 is 0 Å². The molecule has 0 saturated carbocycles. The highest BCUT2D eigenvalue weighted by molar-refractivity contribution is 5.50. The fourth-order valence-electron chi connectivity index (χ4n) is 2.33. The summed E-state index contributed by atoms with van der Waals surface area (Å²) in [7, 11) is 1.66. The first-order valence-corrected chi connectivity index (χ1v) is 6.41. The van der Waals surface area contributed by atoms with E-state index in [4.69, 9.17) is 4.74 Å². The minimum Gasteiger partial charge on any atom is -0.493 e. The maximum absolute atomic E-state index is 5.27. The summed E-state index contributed by atoms with van der Waals surface area (Å²) in [6.45, 7) is 2.70. The summed E-state index contributed by atoms with van der Waals surface area (Å²) in [4.78, 5) is 4.29. The Morgan fingerprint density at radius 1 is 1.26 bits per heavy atom. The van der Waals surface area contributed by atoms with Gasteiger partial charge in [0.2, 0.25) is 0 Å². The number of hydrogen-bond donors (Lipinski definition) is 2. The molecule has 0 amide bonds. The van der Waals surface area contributed by atoms with Crippen molar-refractivity contribution in [1.82, 2.24) is 10.3 Å². The highest BCUT2D eigenvalue weighted by atomic mass is 16.5. The predicted octanol–water partition coefficient (Wildman–Crippen LogP) is 2.31. The molecule has 1 aromatic carbocycles. The lowest BCUT2D eigenvalue weighted by Crippen LogP contribution is -2.03. The van der Waals surface area contributed by atoms with Gasteiger partial charge in [0.15, 0.2) is 11.6 Å². The zero-order chi connectivity index (χ0) is 13.1. The second-order valence-corrected chi connectivity index (χ2v) is 4.61. The average molecular weight is 255 g/mol. The molecule has 19 heavy (non-hydrogen) atoms. The van der Waals surface area contributed by atoms with Crippen LogP contribution in [-0.4, -0.2) is 12.1 Å². The van der Waals surface area contributed by atoms with Crippen LogP contribution in [0, 0.1) is 0 Å². The number of ether oxygens (including phenoxy) is 1. The molecule has 1 aromatic heterocycles. The zero-order valence-electron chi connectivity index (χ0n) is 10.9. The van der Waals surface area contributed by atoms with E-state index in [1.807, 2.05) is 12.1 Å². The Kier molecular flexibility index (Phi) is 3.33. The van der Waals surface area contributed by atoms with Gasteiger partial charge in [-0.2, -0.15) is 0 Å². The second-order valence-electron chi connectivity index (χ2n) is 4.61. The second kappa shape index (κ2) is 5.28. The number of hydrogen-bond acceptors (Lipinski definition) is 4. The van der Waals surface area contributed by atoms with Gasteiger partial charge in [-0.05, 0) is 28.8 Å². The van der Waals surface area contributed by atoms with E-state index in [2.05, 4.69) is 33.8 Å². The first-order valence-electron chi connectivity index (χ1n) is 6.41. The third kappa shape index (κ3) is 2.53. The van der Waals surface area contributed by atoms with Crippen molar-refractivity contribution in [2.24, 2.45) is 0 Å². The van der Waals surface area contributed by atoms with E-state index in [1.54, 1.807) is 13.3 Å². The van der Waals surface area contributed by atoms with Crippen LogP contribution < -0.4 is 15.4 Å². The number of methoxy groups -OCH3 is 1. The molecule has 0 atom stereocenters. The van der Waals surface area contributed by atoms with Crippen molar-refractivity contribution in [2.75, 3.05) is 12.4 Å². The predicted molar refractivity (Wildman–Crippen MR) is 75.1 cm³/mol. The standard InChI is InChI=1S/C15H17N3O/c1-19-14-3-2-6-17-15(14)18-8-11-4-5-12-9-16-10-13(12)7-11/h2-7,16H,8-10H2,1H3,(H,17,18). The molecule has 0 aliphatic carbocycles. The molecule has 1 aliphatic rings. The fraction of sp³-hybridized carbons (Fsp3) is 0.267. The minimum absolute atomic E-state index is 0.751. The molecule has 3 rings (SSSR count). The van der Waals surface area contributed by atoms with Crippen LogP contribution >= 0.6 is 0 Å². The fourth-order valence-corrected chi connectivity index (χ4v) is 2.33. The highest BCUT2D eigenvalue weighted by Gasteiger charge is 2.10. The van der Waals surface area contributed by atoms with Crippen LogP contribution in [0.4, 0.5) is 5.82 Å². The Morgan fingerprint density at radius 2 is 2.16 bits per heavy atom. The van der Waals surface area contributed by atoms with E-state index in [-0.39, 0.29) is 0 Å². The van der Waals surface area contributed by atoms with Gasteiger partial charge in [0.1, 0.15) is 0 Å². The minimum atomic E-state index is 0.751. The van der Waals surface area contributed by atoms with Crippen LogP contribution in [0.2, 0.25) is 0 Å². The van der Waals surface area contributed by atoms with Crippen LogP contribution in [-0.2, 0) is 19.6 Å². The van der Waals surface area contributed by atoms with Crippen molar-refractivity contribution < 1.29 is 4.74 Å². The van der Waals surface area contributed by atoms with Gasteiger partial charge in [-0.15, -0.1) is 0 Å². The van der Waals surface area contributed by atoms with Crippen molar-refractivity contribution in [2.45, 2.75) is 19.6 Å². The number of anilines is 1. The van der Waals surface area contributed by atoms with E-state index in [9.17, 15) is 0 Å². The Balaban J connectivity index is 1.72. The molecule has 0 bridgehead atoms. The molecule has 1 aliphatic heterocycles. The van der Waals surface area contributed by atoms with Gasteiger partial charge in [-0.3, -0.25) is 0 Å². The SMILES string of the molecule is COc1cccnc1NCc1ccc2c(c1)CNC2. The first-order chi connectivity index (χ1) is 9.36. The zero-order valence-corrected chi connectivity index (χ0v) is 10.9. The molecule has 0 saturated heterocycles. The average Bonchev–Trinajstić information content (AvgIpc) is 2.93. The molecule has 4 nitrogen and oxygen atoms in total. The van der Waals surface area contributed by atoms with Crippen molar-refractivity contribution in [1.29, 1.82) is 0 Å². The lowest BCUT2D eigenvalue weighted by Gasteiger charge is -2.10. The number of nitrogens with one attached hydrogen (secondary N) is 2. The Bertz CT molecular complexity index is 583. The summed E-state index contributed by atoms with van der Waals surface area (Å²) in [5, 5.41) is 6.67. The molecule has 0 radical (unpaired) electrons. The monoisotopic (exact) mass is 255 g/mol. The molecular weight excluding hydrogens is 238 g/mol. The summed E-state index contributed by atoms with van der Waals surface area (Å²) in [5.74, 6) is 1.55. The summed E-state index contributed by atoms with van der Waals surface area (Å²) < 4.78 is 5.27. The molecule has 98 valence electrons. The number of pyridine rings is 1. The number of fused-ring (bicyclic) bond motifs is 1. The largest absolute Gasteiger partial charge is 0.493 e. The van der Waals surface area contributed by atoms with Crippen molar-refractivity contribution >= 4 is 5.82 Å². The molecule has 2 heterocycles. The quantitative estimate of drug-likeness (QED) is 0.880. The molecule has 2 N–H and O–H groups in total. The molecular formula is C15H17N3O. The maximum Gasteiger partial charge on any atom is 0.168 e. The summed E-state index contributed by atoms with van der Waals surface area (Å²) in [6, 6.07) is 10.4. The molecule has 2 aromatic rings. The lowest BCUT2D eigenvalue weighted by atomic mass is 10.1. The number of benzene rings is 1. The Labute approximate surface area is 112 Å². The summed E-state index contributed by atoms with van der Waals surface area (Å²) >= 11 is 0. The smallest absolute Gasteiger partial charge is 0.168 e. The normalized spacial score (nSPS) is 13.1. The van der Waals surface area contributed by atoms with Crippen molar-refractivity contribution in [3.8, 4) is 5.75 Å². The summed E-state index contributed by atoms with van der Waals surface area (Å²) in [5.41, 5.74) is 4.06. The maximum atomic E-state index is 5.27. The molecule has 0 unspecified atom stereocenters. The van der Waals surface area contributed by atoms with Gasteiger partial charge in [-0.25, -0.2) is 4.98 Å². The Morgan fingerprint density at radius 3 is 3.05 bits per heavy atom. The lowest BCUT2D eigenvalue weighted by molar-refractivity contribution is 0.415. The van der Waals surface area contributed by atoms with Crippen LogP contribution in [0.5, 0.6) is 5.75 Å². The van der Waals surface area contributed by atoms with E-state index in [0.717, 1.165) is 31.2 Å². The van der Waals surface area contributed by atoms with Gasteiger partial charge in [0.05, 0.1) is 7.11 Å². The molecule has 0 spiro atoms. The van der Waals surface area contributed by atoms with Gasteiger partial charge >= 0.3 is 0 Å². The van der Waals surface area contributed by atoms with E-state index < -0.39 is 0 Å². The molecule has 0 fully saturated rings. The number of aromatic nitrogens is 1. The third-order valence-corrected chi connectivity index (χ3v) is 3.35. The van der Waals surface area contributed by atoms with Crippen LogP contribution in [0.25, 0.3) is 0 Å². The van der Waals surface area contributed by atoms with Gasteiger partial charge in [0.25, 0.3) is 0 Å². The van der Waals surface area contributed by atoms with Crippen LogP contribution in [0.1, 0.15) is 16.7 Å². The highest BCUT2D eigenvalue weighted by Crippen LogP contribution is 2.22.